The molecule has 0 saturated heterocycles. The van der Waals surface area contributed by atoms with Crippen molar-refractivity contribution in [3.8, 4) is 5.75 Å². The summed E-state index contributed by atoms with van der Waals surface area (Å²) in [5, 5.41) is 0.741. The normalized spacial score (nSPS) is 11.7. The Balaban J connectivity index is 1.72. The van der Waals surface area contributed by atoms with Gasteiger partial charge in [-0.05, 0) is 62.2 Å². The van der Waals surface area contributed by atoms with Gasteiger partial charge in [0.25, 0.3) is 5.56 Å². The summed E-state index contributed by atoms with van der Waals surface area (Å²) < 4.78 is 34.0. The second kappa shape index (κ2) is 10.5. The number of Topliss-reactive ketones (excluding diaryl/α,β-unsaturated/α-hetero) is 1. The van der Waals surface area contributed by atoms with E-state index in [9.17, 15) is 18.0 Å². The fraction of sp³-hybridized carbons (Fsp3) is 0.214. The summed E-state index contributed by atoms with van der Waals surface area (Å²) in [5.74, 6) is 0.489. The molecule has 0 bridgehead atoms. The molecule has 4 rings (SSSR count). The first kappa shape index (κ1) is 25.3. The van der Waals surface area contributed by atoms with E-state index in [2.05, 4.69) is 4.98 Å². The zero-order valence-corrected chi connectivity index (χ0v) is 21.3. The number of carbonyl (C=O) groups is 1. The highest BCUT2D eigenvalue weighted by Gasteiger charge is 2.26. The minimum atomic E-state index is -3.96. The van der Waals surface area contributed by atoms with Crippen molar-refractivity contribution in [2.75, 3.05) is 13.7 Å². The number of aromatic nitrogens is 1. The number of carbonyl (C=O) groups excluding carboxylic acids is 1. The Hall–Kier alpha value is -3.75. The third-order valence-electron chi connectivity index (χ3n) is 6.11. The lowest BCUT2D eigenvalue weighted by Gasteiger charge is -2.22. The number of methoxy groups -OCH3 is 1. The molecule has 1 aromatic heterocycles. The van der Waals surface area contributed by atoms with Gasteiger partial charge in [0.15, 0.2) is 5.78 Å². The van der Waals surface area contributed by atoms with Gasteiger partial charge in [0, 0.05) is 35.1 Å². The zero-order valence-electron chi connectivity index (χ0n) is 20.4. The quantitative estimate of drug-likeness (QED) is 0.339. The lowest BCUT2D eigenvalue weighted by atomic mass is 10.1. The molecule has 0 spiro atoms. The van der Waals surface area contributed by atoms with E-state index in [4.69, 9.17) is 4.74 Å². The minimum Gasteiger partial charge on any atom is -0.497 e. The Morgan fingerprint density at radius 3 is 2.42 bits per heavy atom. The number of benzene rings is 3. The number of ether oxygens (including phenoxy) is 1. The molecule has 4 aromatic rings. The number of hydrogen-bond donors (Lipinski definition) is 1. The summed E-state index contributed by atoms with van der Waals surface area (Å²) in [5.41, 5.74) is 3.12. The number of aryl methyl sites for hydroxylation is 1. The lowest BCUT2D eigenvalue weighted by molar-refractivity contribution is 0.101. The van der Waals surface area contributed by atoms with Gasteiger partial charge in [0.05, 0.1) is 12.0 Å². The van der Waals surface area contributed by atoms with Crippen molar-refractivity contribution in [1.82, 2.24) is 9.29 Å². The number of rotatable bonds is 9. The first-order chi connectivity index (χ1) is 17.2. The van der Waals surface area contributed by atoms with Crippen LogP contribution in [0.25, 0.3) is 10.9 Å². The van der Waals surface area contributed by atoms with Crippen LogP contribution in [-0.4, -0.2) is 37.1 Å². The molecule has 0 radical (unpaired) electrons. The lowest BCUT2D eigenvalue weighted by Crippen LogP contribution is -2.34. The highest BCUT2D eigenvalue weighted by Crippen LogP contribution is 2.22. The fourth-order valence-electron chi connectivity index (χ4n) is 4.08. The van der Waals surface area contributed by atoms with Crippen molar-refractivity contribution in [3.05, 3.63) is 105 Å². The van der Waals surface area contributed by atoms with Crippen LogP contribution >= 0.6 is 0 Å². The zero-order chi connectivity index (χ0) is 25.9. The van der Waals surface area contributed by atoms with E-state index in [1.165, 1.54) is 35.5 Å². The van der Waals surface area contributed by atoms with Crippen LogP contribution in [0.3, 0.4) is 0 Å². The molecular weight excluding hydrogens is 476 g/mol. The van der Waals surface area contributed by atoms with Gasteiger partial charge in [-0.15, -0.1) is 0 Å². The van der Waals surface area contributed by atoms with Crippen molar-refractivity contribution in [3.63, 3.8) is 0 Å². The monoisotopic (exact) mass is 504 g/mol. The number of hydrogen-bond acceptors (Lipinski definition) is 5. The third-order valence-corrected chi connectivity index (χ3v) is 7.97. The van der Waals surface area contributed by atoms with Crippen molar-refractivity contribution in [1.29, 1.82) is 0 Å². The number of nitrogens with one attached hydrogen (secondary N) is 1. The largest absolute Gasteiger partial charge is 0.497 e. The molecule has 0 aliphatic heterocycles. The summed E-state index contributed by atoms with van der Waals surface area (Å²) in [6.07, 6.45) is 0.478. The van der Waals surface area contributed by atoms with Gasteiger partial charge in [0.2, 0.25) is 10.0 Å². The Labute approximate surface area is 210 Å². The Kier molecular flexibility index (Phi) is 7.37. The third kappa shape index (κ3) is 5.56. The van der Waals surface area contributed by atoms with E-state index in [1.807, 2.05) is 31.2 Å². The second-order valence-electron chi connectivity index (χ2n) is 8.74. The molecule has 8 heteroatoms. The number of ketones is 1. The maximum absolute atomic E-state index is 13.7. The van der Waals surface area contributed by atoms with E-state index in [0.717, 1.165) is 16.5 Å². The molecule has 1 N–H and O–H groups in total. The second-order valence-corrected chi connectivity index (χ2v) is 10.7. The smallest absolute Gasteiger partial charge is 0.252 e. The Morgan fingerprint density at radius 2 is 1.75 bits per heavy atom. The van der Waals surface area contributed by atoms with E-state index in [0.29, 0.717) is 28.8 Å². The number of pyridine rings is 1. The number of fused-ring (bicyclic) bond motifs is 1. The Bertz CT molecular complexity index is 1570. The molecular formula is C28H28N2O5S. The molecule has 0 amide bonds. The first-order valence-electron chi connectivity index (χ1n) is 11.5. The molecule has 186 valence electrons. The predicted octanol–water partition coefficient (Wildman–Crippen LogP) is 4.48. The molecule has 3 aromatic carbocycles. The van der Waals surface area contributed by atoms with Gasteiger partial charge < -0.3 is 9.72 Å². The number of aromatic amines is 1. The van der Waals surface area contributed by atoms with Crippen LogP contribution in [0.5, 0.6) is 5.75 Å². The van der Waals surface area contributed by atoms with Crippen LogP contribution in [0, 0.1) is 6.92 Å². The summed E-state index contributed by atoms with van der Waals surface area (Å²) in [7, 11) is -2.40. The molecule has 0 aliphatic carbocycles. The highest BCUT2D eigenvalue weighted by molar-refractivity contribution is 7.89. The SMILES string of the molecule is COc1ccc2[nH]c(=O)c(CN(CCc3cccc(C)c3)S(=O)(=O)c3ccc(C(C)=O)cc3)cc2c1. The van der Waals surface area contributed by atoms with E-state index in [-0.39, 0.29) is 29.3 Å². The maximum Gasteiger partial charge on any atom is 0.252 e. The van der Waals surface area contributed by atoms with E-state index in [1.54, 1.807) is 31.4 Å². The van der Waals surface area contributed by atoms with Gasteiger partial charge in [-0.3, -0.25) is 9.59 Å². The van der Waals surface area contributed by atoms with Crippen LogP contribution in [0.2, 0.25) is 0 Å². The summed E-state index contributed by atoms with van der Waals surface area (Å²) in [4.78, 5) is 27.4. The van der Waals surface area contributed by atoms with Crippen molar-refractivity contribution in [2.24, 2.45) is 0 Å². The van der Waals surface area contributed by atoms with Crippen molar-refractivity contribution in [2.45, 2.75) is 31.7 Å². The highest BCUT2D eigenvalue weighted by atomic mass is 32.2. The average molecular weight is 505 g/mol. The first-order valence-corrected chi connectivity index (χ1v) is 13.0. The molecule has 7 nitrogen and oxygen atoms in total. The molecule has 1 heterocycles. The summed E-state index contributed by atoms with van der Waals surface area (Å²) in [6, 6.07) is 20.8. The predicted molar refractivity (Wildman–Crippen MR) is 140 cm³/mol. The molecule has 0 saturated carbocycles. The topological polar surface area (TPSA) is 96.5 Å². The molecule has 0 aliphatic rings. The number of H-pyrrole nitrogens is 1. The standard InChI is InChI=1S/C28H28N2O5S/c1-19-5-4-6-21(15-19)13-14-30(36(33,34)26-10-7-22(8-11-26)20(2)31)18-24-16-23-17-25(35-3)9-12-27(23)29-28(24)32/h4-12,15-17H,13-14,18H2,1-3H3,(H,29,32). The van der Waals surface area contributed by atoms with E-state index >= 15 is 0 Å². The van der Waals surface area contributed by atoms with Gasteiger partial charge in [-0.1, -0.05) is 42.0 Å². The number of sulfonamides is 1. The van der Waals surface area contributed by atoms with Crippen LogP contribution < -0.4 is 10.3 Å². The van der Waals surface area contributed by atoms with Gasteiger partial charge in [-0.25, -0.2) is 8.42 Å². The maximum atomic E-state index is 13.7. The molecule has 36 heavy (non-hydrogen) atoms. The van der Waals surface area contributed by atoms with Crippen molar-refractivity contribution >= 4 is 26.7 Å². The fourth-order valence-corrected chi connectivity index (χ4v) is 5.50. The minimum absolute atomic E-state index is 0.0654. The molecule has 0 atom stereocenters. The van der Waals surface area contributed by atoms with Crippen LogP contribution in [-0.2, 0) is 23.0 Å². The number of nitrogens with zero attached hydrogens (tertiary/aromatic N) is 1. The van der Waals surface area contributed by atoms with Crippen molar-refractivity contribution < 1.29 is 17.9 Å². The summed E-state index contributed by atoms with van der Waals surface area (Å²) >= 11 is 0. The van der Waals surface area contributed by atoms with E-state index < -0.39 is 10.0 Å². The average Bonchev–Trinajstić information content (AvgIpc) is 2.86. The molecule has 0 unspecified atom stereocenters. The van der Waals surface area contributed by atoms with Crippen LogP contribution in [0.4, 0.5) is 0 Å². The van der Waals surface area contributed by atoms with Crippen LogP contribution in [0.15, 0.2) is 82.5 Å². The van der Waals surface area contributed by atoms with Crippen LogP contribution in [0.1, 0.15) is 34.0 Å². The summed E-state index contributed by atoms with van der Waals surface area (Å²) in [6.45, 7) is 3.48. The van der Waals surface area contributed by atoms with Gasteiger partial charge >= 0.3 is 0 Å². The molecule has 0 fully saturated rings. The Morgan fingerprint density at radius 1 is 1.00 bits per heavy atom. The van der Waals surface area contributed by atoms with Gasteiger partial charge in [0.1, 0.15) is 5.75 Å². The van der Waals surface area contributed by atoms with Gasteiger partial charge in [-0.2, -0.15) is 4.31 Å².